The predicted octanol–water partition coefficient (Wildman–Crippen LogP) is 0.673. The molecule has 6 heteroatoms. The Hall–Kier alpha value is -1.59. The zero-order chi connectivity index (χ0) is 10.6. The SMILES string of the molecule is CCOc1nc(N)nc(NC(C)C)n1. The van der Waals surface area contributed by atoms with Crippen LogP contribution in [-0.4, -0.2) is 27.6 Å². The second kappa shape index (κ2) is 4.59. The van der Waals surface area contributed by atoms with Crippen LogP contribution in [0.4, 0.5) is 11.9 Å². The van der Waals surface area contributed by atoms with Gasteiger partial charge in [0.2, 0.25) is 11.9 Å². The van der Waals surface area contributed by atoms with Crippen LogP contribution < -0.4 is 15.8 Å². The molecule has 1 rings (SSSR count). The molecule has 0 atom stereocenters. The summed E-state index contributed by atoms with van der Waals surface area (Å²) in [7, 11) is 0. The number of nitrogen functional groups attached to an aromatic ring is 1. The lowest BCUT2D eigenvalue weighted by molar-refractivity contribution is 0.312. The van der Waals surface area contributed by atoms with Crippen molar-refractivity contribution in [2.24, 2.45) is 0 Å². The van der Waals surface area contributed by atoms with Crippen molar-refractivity contribution in [3.63, 3.8) is 0 Å². The van der Waals surface area contributed by atoms with E-state index < -0.39 is 0 Å². The Balaban J connectivity index is 2.83. The summed E-state index contributed by atoms with van der Waals surface area (Å²) < 4.78 is 5.13. The molecule has 0 amide bonds. The molecule has 0 aliphatic rings. The van der Waals surface area contributed by atoms with E-state index in [0.717, 1.165) is 0 Å². The van der Waals surface area contributed by atoms with Gasteiger partial charge >= 0.3 is 6.01 Å². The van der Waals surface area contributed by atoms with E-state index in [1.165, 1.54) is 0 Å². The lowest BCUT2D eigenvalue weighted by Gasteiger charge is -2.09. The molecule has 0 bridgehead atoms. The van der Waals surface area contributed by atoms with Crippen molar-refractivity contribution in [1.82, 2.24) is 15.0 Å². The second-order valence-electron chi connectivity index (χ2n) is 3.03. The molecule has 0 spiro atoms. The number of hydrogen-bond donors (Lipinski definition) is 2. The van der Waals surface area contributed by atoms with Crippen LogP contribution >= 0.6 is 0 Å². The van der Waals surface area contributed by atoms with Crippen molar-refractivity contribution in [3.8, 4) is 6.01 Å². The molecule has 0 saturated carbocycles. The first-order chi connectivity index (χ1) is 6.61. The van der Waals surface area contributed by atoms with Crippen LogP contribution in [0.25, 0.3) is 0 Å². The zero-order valence-electron chi connectivity index (χ0n) is 8.61. The average molecular weight is 197 g/mol. The standard InChI is InChI=1S/C8H15N5O/c1-4-14-8-12-6(9)11-7(13-8)10-5(2)3/h5H,4H2,1-3H3,(H3,9,10,11,12,13). The summed E-state index contributed by atoms with van der Waals surface area (Å²) in [6.45, 7) is 6.33. The topological polar surface area (TPSA) is 86.0 Å². The van der Waals surface area contributed by atoms with E-state index in [-0.39, 0.29) is 18.0 Å². The molecule has 0 aliphatic heterocycles. The van der Waals surface area contributed by atoms with Crippen LogP contribution in [0.2, 0.25) is 0 Å². The summed E-state index contributed by atoms with van der Waals surface area (Å²) in [6, 6.07) is 0.495. The molecule has 0 unspecified atom stereocenters. The highest BCUT2D eigenvalue weighted by Gasteiger charge is 2.05. The van der Waals surface area contributed by atoms with E-state index in [9.17, 15) is 0 Å². The Morgan fingerprint density at radius 1 is 1.36 bits per heavy atom. The van der Waals surface area contributed by atoms with Crippen molar-refractivity contribution < 1.29 is 4.74 Å². The van der Waals surface area contributed by atoms with E-state index in [2.05, 4.69) is 20.3 Å². The molecule has 78 valence electrons. The second-order valence-corrected chi connectivity index (χ2v) is 3.03. The lowest BCUT2D eigenvalue weighted by Crippen LogP contribution is -2.14. The van der Waals surface area contributed by atoms with Gasteiger partial charge in [-0.25, -0.2) is 0 Å². The summed E-state index contributed by atoms with van der Waals surface area (Å²) in [5.41, 5.74) is 5.48. The minimum atomic E-state index is 0.159. The number of anilines is 2. The Bertz CT molecular complexity index is 302. The number of aromatic nitrogens is 3. The first-order valence-corrected chi connectivity index (χ1v) is 4.52. The molecule has 0 aromatic carbocycles. The Morgan fingerprint density at radius 2 is 2.07 bits per heavy atom. The van der Waals surface area contributed by atoms with Gasteiger partial charge < -0.3 is 15.8 Å². The van der Waals surface area contributed by atoms with Gasteiger partial charge in [0.15, 0.2) is 0 Å². The van der Waals surface area contributed by atoms with Crippen LogP contribution in [0, 0.1) is 0 Å². The monoisotopic (exact) mass is 197 g/mol. The molecule has 1 heterocycles. The molecule has 1 aromatic heterocycles. The third-order valence-electron chi connectivity index (χ3n) is 1.32. The fourth-order valence-corrected chi connectivity index (χ4v) is 0.888. The molecule has 0 fully saturated rings. The van der Waals surface area contributed by atoms with Crippen molar-refractivity contribution >= 4 is 11.9 Å². The van der Waals surface area contributed by atoms with Gasteiger partial charge in [0.25, 0.3) is 0 Å². The Morgan fingerprint density at radius 3 is 2.64 bits per heavy atom. The molecule has 3 N–H and O–H groups in total. The van der Waals surface area contributed by atoms with E-state index in [1.807, 2.05) is 20.8 Å². The maximum absolute atomic E-state index is 5.48. The molecule has 0 radical (unpaired) electrons. The number of nitrogens with one attached hydrogen (secondary N) is 1. The van der Waals surface area contributed by atoms with Crippen molar-refractivity contribution in [2.75, 3.05) is 17.7 Å². The lowest BCUT2D eigenvalue weighted by atomic mass is 10.4. The van der Waals surface area contributed by atoms with E-state index in [1.54, 1.807) is 0 Å². The maximum atomic E-state index is 5.48. The number of hydrogen-bond acceptors (Lipinski definition) is 6. The fraction of sp³-hybridized carbons (Fsp3) is 0.625. The molecular weight excluding hydrogens is 182 g/mol. The zero-order valence-corrected chi connectivity index (χ0v) is 8.61. The maximum Gasteiger partial charge on any atom is 0.323 e. The van der Waals surface area contributed by atoms with Crippen LogP contribution in [0.5, 0.6) is 6.01 Å². The van der Waals surface area contributed by atoms with Crippen LogP contribution in [0.3, 0.4) is 0 Å². The van der Waals surface area contributed by atoms with Gasteiger partial charge in [0.05, 0.1) is 6.61 Å². The largest absolute Gasteiger partial charge is 0.464 e. The van der Waals surface area contributed by atoms with E-state index >= 15 is 0 Å². The third kappa shape index (κ3) is 3.04. The van der Waals surface area contributed by atoms with Crippen molar-refractivity contribution in [3.05, 3.63) is 0 Å². The first kappa shape index (κ1) is 10.5. The molecule has 1 aromatic rings. The molecule has 6 nitrogen and oxygen atoms in total. The van der Waals surface area contributed by atoms with Gasteiger partial charge in [0, 0.05) is 6.04 Å². The fourth-order valence-electron chi connectivity index (χ4n) is 0.888. The minimum absolute atomic E-state index is 0.159. The van der Waals surface area contributed by atoms with Gasteiger partial charge in [-0.3, -0.25) is 0 Å². The number of nitrogens with zero attached hydrogens (tertiary/aromatic N) is 3. The molecule has 0 aliphatic carbocycles. The highest BCUT2D eigenvalue weighted by Crippen LogP contribution is 2.09. The van der Waals surface area contributed by atoms with Gasteiger partial charge in [-0.1, -0.05) is 0 Å². The number of nitrogens with two attached hydrogens (primary N) is 1. The summed E-state index contributed by atoms with van der Waals surface area (Å²) in [5, 5.41) is 3.02. The van der Waals surface area contributed by atoms with Gasteiger partial charge in [-0.15, -0.1) is 0 Å². The normalized spacial score (nSPS) is 10.3. The number of ether oxygens (including phenoxy) is 1. The molecule has 0 saturated heterocycles. The smallest absolute Gasteiger partial charge is 0.323 e. The van der Waals surface area contributed by atoms with E-state index in [0.29, 0.717) is 12.6 Å². The molecular formula is C8H15N5O. The van der Waals surface area contributed by atoms with Crippen LogP contribution in [0.15, 0.2) is 0 Å². The van der Waals surface area contributed by atoms with Gasteiger partial charge in [-0.2, -0.15) is 15.0 Å². The van der Waals surface area contributed by atoms with Crippen LogP contribution in [0.1, 0.15) is 20.8 Å². The Labute approximate surface area is 82.9 Å². The summed E-state index contributed by atoms with van der Waals surface area (Å²) in [5.74, 6) is 0.600. The van der Waals surface area contributed by atoms with E-state index in [4.69, 9.17) is 10.5 Å². The third-order valence-corrected chi connectivity index (χ3v) is 1.32. The highest BCUT2D eigenvalue weighted by atomic mass is 16.5. The van der Waals surface area contributed by atoms with Gasteiger partial charge in [0.1, 0.15) is 0 Å². The van der Waals surface area contributed by atoms with Crippen molar-refractivity contribution in [1.29, 1.82) is 0 Å². The summed E-state index contributed by atoms with van der Waals surface area (Å²) in [6.07, 6.45) is 0. The first-order valence-electron chi connectivity index (χ1n) is 4.52. The molecule has 14 heavy (non-hydrogen) atoms. The highest BCUT2D eigenvalue weighted by molar-refractivity contribution is 5.33. The average Bonchev–Trinajstić information content (AvgIpc) is 2.01. The predicted molar refractivity (Wildman–Crippen MR) is 54.2 cm³/mol. The summed E-state index contributed by atoms with van der Waals surface area (Å²) in [4.78, 5) is 11.8. The van der Waals surface area contributed by atoms with Crippen molar-refractivity contribution in [2.45, 2.75) is 26.8 Å². The quantitative estimate of drug-likeness (QED) is 0.738. The Kier molecular flexibility index (Phi) is 3.44. The van der Waals surface area contributed by atoms with Crippen LogP contribution in [-0.2, 0) is 0 Å². The summed E-state index contributed by atoms with van der Waals surface area (Å²) >= 11 is 0. The van der Waals surface area contributed by atoms with Gasteiger partial charge in [-0.05, 0) is 20.8 Å². The minimum Gasteiger partial charge on any atom is -0.464 e. The number of rotatable bonds is 4.